The molecule has 82 valence electrons. The Kier molecular flexibility index (Phi) is 2.62. The van der Waals surface area contributed by atoms with E-state index >= 15 is 0 Å². The number of hydrogen-bond donors (Lipinski definition) is 1. The first-order valence-electron chi connectivity index (χ1n) is 4.35. The number of nitrogens with zero attached hydrogens (tertiary/aromatic N) is 1. The van der Waals surface area contributed by atoms with E-state index in [1.165, 1.54) is 24.4 Å². The van der Waals surface area contributed by atoms with Gasteiger partial charge in [-0.05, 0) is 18.2 Å². The molecular formula is C10H6ClFN2O2. The molecule has 0 aliphatic rings. The van der Waals surface area contributed by atoms with Crippen LogP contribution in [0.15, 0.2) is 40.1 Å². The average Bonchev–Trinajstić information content (AvgIpc) is 2.22. The van der Waals surface area contributed by atoms with E-state index in [9.17, 15) is 14.0 Å². The summed E-state index contributed by atoms with van der Waals surface area (Å²) < 4.78 is 14.1. The summed E-state index contributed by atoms with van der Waals surface area (Å²) in [6.45, 7) is 0. The highest BCUT2D eigenvalue weighted by atomic mass is 35.5. The second kappa shape index (κ2) is 3.94. The Bertz CT molecular complexity index is 648. The summed E-state index contributed by atoms with van der Waals surface area (Å²) in [7, 11) is 0. The molecule has 0 amide bonds. The monoisotopic (exact) mass is 240 g/mol. The molecule has 4 nitrogen and oxygen atoms in total. The molecule has 16 heavy (non-hydrogen) atoms. The molecular weight excluding hydrogens is 235 g/mol. The summed E-state index contributed by atoms with van der Waals surface area (Å²) in [4.78, 5) is 24.3. The molecule has 0 atom stereocenters. The van der Waals surface area contributed by atoms with Crippen LogP contribution in [-0.4, -0.2) is 9.55 Å². The zero-order valence-corrected chi connectivity index (χ0v) is 8.66. The second-order valence-electron chi connectivity index (χ2n) is 3.08. The summed E-state index contributed by atoms with van der Waals surface area (Å²) in [5, 5.41) is -0.0874. The minimum atomic E-state index is -0.602. The van der Waals surface area contributed by atoms with Crippen LogP contribution in [0.25, 0.3) is 5.69 Å². The smallest absolute Gasteiger partial charge is 0.274 e. The molecule has 0 saturated carbocycles. The first kappa shape index (κ1) is 10.6. The van der Waals surface area contributed by atoms with Crippen LogP contribution < -0.4 is 11.2 Å². The molecule has 0 bridgehead atoms. The number of rotatable bonds is 1. The molecule has 0 aliphatic carbocycles. The first-order chi connectivity index (χ1) is 7.58. The van der Waals surface area contributed by atoms with Crippen molar-refractivity contribution >= 4 is 11.6 Å². The molecule has 2 rings (SSSR count). The Hall–Kier alpha value is -1.88. The van der Waals surface area contributed by atoms with Gasteiger partial charge >= 0.3 is 5.69 Å². The Balaban J connectivity index is 2.63. The minimum absolute atomic E-state index is 0.0874. The van der Waals surface area contributed by atoms with Gasteiger partial charge in [-0.3, -0.25) is 14.3 Å². The molecule has 0 spiro atoms. The largest absolute Gasteiger partial charge is 0.332 e. The summed E-state index contributed by atoms with van der Waals surface area (Å²) in [5.41, 5.74) is -0.711. The van der Waals surface area contributed by atoms with E-state index in [-0.39, 0.29) is 5.02 Å². The van der Waals surface area contributed by atoms with Crippen molar-refractivity contribution in [1.29, 1.82) is 0 Å². The maximum Gasteiger partial charge on any atom is 0.332 e. The fraction of sp³-hybridized carbons (Fsp3) is 0. The molecule has 0 radical (unpaired) electrons. The molecule has 6 heteroatoms. The Morgan fingerprint density at radius 3 is 2.62 bits per heavy atom. The van der Waals surface area contributed by atoms with Crippen molar-refractivity contribution in [2.45, 2.75) is 0 Å². The third-order valence-electron chi connectivity index (χ3n) is 2.01. The zero-order valence-electron chi connectivity index (χ0n) is 7.91. The fourth-order valence-electron chi connectivity index (χ4n) is 1.26. The number of halogens is 2. The summed E-state index contributed by atoms with van der Waals surface area (Å²) >= 11 is 5.59. The van der Waals surface area contributed by atoms with E-state index in [1.807, 2.05) is 0 Å². The van der Waals surface area contributed by atoms with Gasteiger partial charge in [-0.15, -0.1) is 0 Å². The van der Waals surface area contributed by atoms with Gasteiger partial charge in [-0.25, -0.2) is 9.18 Å². The summed E-state index contributed by atoms with van der Waals surface area (Å²) in [5.74, 6) is -0.567. The van der Waals surface area contributed by atoms with Crippen LogP contribution in [0.2, 0.25) is 5.02 Å². The first-order valence-corrected chi connectivity index (χ1v) is 4.73. The lowest BCUT2D eigenvalue weighted by molar-refractivity contribution is 0.627. The summed E-state index contributed by atoms with van der Waals surface area (Å²) in [6.07, 6.45) is 1.30. The van der Waals surface area contributed by atoms with Crippen molar-refractivity contribution in [3.05, 3.63) is 62.1 Å². The number of H-pyrrole nitrogens is 1. The minimum Gasteiger partial charge on any atom is -0.274 e. The van der Waals surface area contributed by atoms with Gasteiger partial charge in [-0.2, -0.15) is 0 Å². The highest BCUT2D eigenvalue weighted by Gasteiger charge is 2.04. The normalized spacial score (nSPS) is 10.4. The van der Waals surface area contributed by atoms with Crippen LogP contribution in [0.3, 0.4) is 0 Å². The van der Waals surface area contributed by atoms with Crippen molar-refractivity contribution in [2.24, 2.45) is 0 Å². The van der Waals surface area contributed by atoms with Crippen molar-refractivity contribution in [3.63, 3.8) is 0 Å². The second-order valence-corrected chi connectivity index (χ2v) is 3.49. The quantitative estimate of drug-likeness (QED) is 0.817. The van der Waals surface area contributed by atoms with E-state index in [2.05, 4.69) is 4.98 Å². The molecule has 2 aromatic rings. The van der Waals surface area contributed by atoms with E-state index in [0.29, 0.717) is 5.69 Å². The van der Waals surface area contributed by atoms with Gasteiger partial charge in [0.25, 0.3) is 5.56 Å². The zero-order chi connectivity index (χ0) is 11.7. The standard InChI is InChI=1S/C10H6ClFN2O2/c11-7-5-6(1-2-8(7)12)14-4-3-9(15)13-10(14)16/h1-5H,(H,13,15,16). The molecule has 1 aromatic carbocycles. The van der Waals surface area contributed by atoms with Crippen LogP contribution in [-0.2, 0) is 0 Å². The van der Waals surface area contributed by atoms with Crippen molar-refractivity contribution < 1.29 is 4.39 Å². The highest BCUT2D eigenvalue weighted by molar-refractivity contribution is 6.30. The Morgan fingerprint density at radius 2 is 2.00 bits per heavy atom. The van der Waals surface area contributed by atoms with Crippen LogP contribution in [0.4, 0.5) is 4.39 Å². The number of nitrogens with one attached hydrogen (secondary N) is 1. The van der Waals surface area contributed by atoms with Crippen LogP contribution >= 0.6 is 11.6 Å². The Labute approximate surface area is 93.9 Å². The predicted molar refractivity (Wildman–Crippen MR) is 57.6 cm³/mol. The van der Waals surface area contributed by atoms with Gasteiger partial charge in [0.2, 0.25) is 0 Å². The molecule has 1 aromatic heterocycles. The molecule has 0 fully saturated rings. The van der Waals surface area contributed by atoms with Gasteiger partial charge in [0.1, 0.15) is 5.82 Å². The van der Waals surface area contributed by atoms with Crippen molar-refractivity contribution in [3.8, 4) is 5.69 Å². The van der Waals surface area contributed by atoms with Crippen molar-refractivity contribution in [2.75, 3.05) is 0 Å². The van der Waals surface area contributed by atoms with Gasteiger partial charge in [0.15, 0.2) is 0 Å². The lowest BCUT2D eigenvalue weighted by atomic mass is 10.3. The van der Waals surface area contributed by atoms with Gasteiger partial charge in [0, 0.05) is 12.3 Å². The third kappa shape index (κ3) is 1.90. The predicted octanol–water partition coefficient (Wildman–Crippen LogP) is 1.32. The highest BCUT2D eigenvalue weighted by Crippen LogP contribution is 2.17. The lowest BCUT2D eigenvalue weighted by Crippen LogP contribution is -2.27. The van der Waals surface area contributed by atoms with Gasteiger partial charge in [-0.1, -0.05) is 11.6 Å². The fourth-order valence-corrected chi connectivity index (χ4v) is 1.43. The molecule has 0 saturated heterocycles. The van der Waals surface area contributed by atoms with E-state index in [4.69, 9.17) is 11.6 Å². The molecule has 1 heterocycles. The number of hydrogen-bond acceptors (Lipinski definition) is 2. The number of aromatic amines is 1. The SMILES string of the molecule is O=c1ccn(-c2ccc(F)c(Cl)c2)c(=O)[nH]1. The van der Waals surface area contributed by atoms with Gasteiger partial charge < -0.3 is 0 Å². The van der Waals surface area contributed by atoms with E-state index in [0.717, 1.165) is 10.6 Å². The lowest BCUT2D eigenvalue weighted by Gasteiger charge is -2.04. The number of aromatic nitrogens is 2. The van der Waals surface area contributed by atoms with Crippen LogP contribution in [0, 0.1) is 5.82 Å². The van der Waals surface area contributed by atoms with Crippen molar-refractivity contribution in [1.82, 2.24) is 9.55 Å². The maximum absolute atomic E-state index is 12.9. The molecule has 1 N–H and O–H groups in total. The average molecular weight is 241 g/mol. The van der Waals surface area contributed by atoms with Crippen LogP contribution in [0.5, 0.6) is 0 Å². The van der Waals surface area contributed by atoms with Gasteiger partial charge in [0.05, 0.1) is 10.7 Å². The summed E-state index contributed by atoms with van der Waals surface area (Å²) in [6, 6.07) is 5.03. The van der Waals surface area contributed by atoms with E-state index in [1.54, 1.807) is 0 Å². The van der Waals surface area contributed by atoms with E-state index < -0.39 is 17.1 Å². The Morgan fingerprint density at radius 1 is 1.25 bits per heavy atom. The third-order valence-corrected chi connectivity index (χ3v) is 2.29. The topological polar surface area (TPSA) is 54.9 Å². The molecule has 0 aliphatic heterocycles. The molecule has 0 unspecified atom stereocenters. The maximum atomic E-state index is 12.9. The van der Waals surface area contributed by atoms with Crippen LogP contribution in [0.1, 0.15) is 0 Å². The number of benzene rings is 1.